The van der Waals surface area contributed by atoms with Crippen molar-refractivity contribution in [2.45, 2.75) is 25.8 Å². The van der Waals surface area contributed by atoms with Crippen LogP contribution in [0.5, 0.6) is 11.5 Å². The Hall–Kier alpha value is -2.74. The molecular formula is C21H28N2O5S. The number of hydrogen-bond acceptors (Lipinski definition) is 5. The molecule has 1 atom stereocenters. The standard InChI is InChI=1S/C21H28N2O5S/c1-16(23(29(4,25)26)18-9-13-20(28-3)14-10-18)21(24)22-15-5-6-17-7-11-19(27-2)12-8-17/h7-14,16H,5-6,15H2,1-4H3,(H,22,24). The van der Waals surface area contributed by atoms with E-state index in [0.29, 0.717) is 18.0 Å². The number of nitrogens with one attached hydrogen (secondary N) is 1. The predicted molar refractivity (Wildman–Crippen MR) is 114 cm³/mol. The Morgan fingerprint density at radius 1 is 1.00 bits per heavy atom. The van der Waals surface area contributed by atoms with Crippen molar-refractivity contribution < 1.29 is 22.7 Å². The van der Waals surface area contributed by atoms with Crippen LogP contribution in [-0.4, -0.2) is 47.4 Å². The molecule has 2 rings (SSSR count). The van der Waals surface area contributed by atoms with Gasteiger partial charge in [0, 0.05) is 6.54 Å². The van der Waals surface area contributed by atoms with Gasteiger partial charge in [0.1, 0.15) is 17.5 Å². The summed E-state index contributed by atoms with van der Waals surface area (Å²) in [6.45, 7) is 2.03. The second-order valence-electron chi connectivity index (χ2n) is 6.68. The molecule has 0 spiro atoms. The summed E-state index contributed by atoms with van der Waals surface area (Å²) < 4.78 is 36.0. The van der Waals surface area contributed by atoms with Gasteiger partial charge in [-0.2, -0.15) is 0 Å². The molecule has 0 fully saturated rings. The number of nitrogens with zero attached hydrogens (tertiary/aromatic N) is 1. The average molecular weight is 421 g/mol. The molecule has 1 N–H and O–H groups in total. The first kappa shape index (κ1) is 22.5. The van der Waals surface area contributed by atoms with Gasteiger partial charge in [0.15, 0.2) is 0 Å². The largest absolute Gasteiger partial charge is 0.497 e. The highest BCUT2D eigenvalue weighted by Crippen LogP contribution is 2.23. The van der Waals surface area contributed by atoms with E-state index in [1.165, 1.54) is 7.11 Å². The summed E-state index contributed by atoms with van der Waals surface area (Å²) in [6.07, 6.45) is 2.63. The summed E-state index contributed by atoms with van der Waals surface area (Å²) in [5.74, 6) is 1.06. The average Bonchev–Trinajstić information content (AvgIpc) is 2.71. The lowest BCUT2D eigenvalue weighted by atomic mass is 10.1. The van der Waals surface area contributed by atoms with Gasteiger partial charge in [-0.05, 0) is 61.7 Å². The molecule has 2 aromatic rings. The van der Waals surface area contributed by atoms with Gasteiger partial charge in [0.2, 0.25) is 15.9 Å². The molecule has 8 heteroatoms. The molecule has 0 radical (unpaired) electrons. The number of carbonyl (C=O) groups is 1. The number of amides is 1. The molecule has 1 amide bonds. The topological polar surface area (TPSA) is 84.9 Å². The van der Waals surface area contributed by atoms with E-state index in [1.807, 2.05) is 24.3 Å². The van der Waals surface area contributed by atoms with Crippen LogP contribution in [0.4, 0.5) is 5.69 Å². The molecule has 158 valence electrons. The summed E-state index contributed by atoms with van der Waals surface area (Å²) in [6, 6.07) is 13.4. The van der Waals surface area contributed by atoms with Crippen molar-refractivity contribution in [2.75, 3.05) is 31.3 Å². The van der Waals surface area contributed by atoms with Crippen molar-refractivity contribution in [3.63, 3.8) is 0 Å². The fourth-order valence-electron chi connectivity index (χ4n) is 2.98. The molecule has 1 unspecified atom stereocenters. The highest BCUT2D eigenvalue weighted by atomic mass is 32.2. The van der Waals surface area contributed by atoms with Crippen LogP contribution in [0.3, 0.4) is 0 Å². The molecule has 7 nitrogen and oxygen atoms in total. The van der Waals surface area contributed by atoms with E-state index >= 15 is 0 Å². The van der Waals surface area contributed by atoms with Crippen LogP contribution in [0.1, 0.15) is 18.9 Å². The number of aryl methyl sites for hydroxylation is 1. The smallest absolute Gasteiger partial charge is 0.243 e. The molecule has 0 bridgehead atoms. The Kier molecular flexibility index (Phi) is 7.90. The Morgan fingerprint density at radius 3 is 2.00 bits per heavy atom. The Labute approximate surface area is 172 Å². The fourth-order valence-corrected chi connectivity index (χ4v) is 4.16. The lowest BCUT2D eigenvalue weighted by molar-refractivity contribution is -0.121. The van der Waals surface area contributed by atoms with E-state index in [1.54, 1.807) is 38.3 Å². The number of rotatable bonds is 10. The van der Waals surface area contributed by atoms with Crippen LogP contribution >= 0.6 is 0 Å². The molecule has 0 heterocycles. The summed E-state index contributed by atoms with van der Waals surface area (Å²) in [4.78, 5) is 12.6. The number of carbonyl (C=O) groups excluding carboxylic acids is 1. The van der Waals surface area contributed by atoms with Gasteiger partial charge in [-0.15, -0.1) is 0 Å². The van der Waals surface area contributed by atoms with Crippen LogP contribution in [0.15, 0.2) is 48.5 Å². The van der Waals surface area contributed by atoms with Gasteiger partial charge >= 0.3 is 0 Å². The third-order valence-corrected chi connectivity index (χ3v) is 5.76. The Balaban J connectivity index is 1.95. The summed E-state index contributed by atoms with van der Waals surface area (Å²) in [7, 11) is -0.487. The van der Waals surface area contributed by atoms with Crippen molar-refractivity contribution in [2.24, 2.45) is 0 Å². The first-order chi connectivity index (χ1) is 13.8. The second kappa shape index (κ2) is 10.2. The maximum atomic E-state index is 12.6. The lowest BCUT2D eigenvalue weighted by Gasteiger charge is -2.28. The highest BCUT2D eigenvalue weighted by Gasteiger charge is 2.28. The molecule has 29 heavy (non-hydrogen) atoms. The van der Waals surface area contributed by atoms with Crippen LogP contribution in [0.25, 0.3) is 0 Å². The second-order valence-corrected chi connectivity index (χ2v) is 8.53. The van der Waals surface area contributed by atoms with E-state index in [4.69, 9.17) is 9.47 Å². The zero-order valence-corrected chi connectivity index (χ0v) is 18.0. The number of ether oxygens (including phenoxy) is 2. The van der Waals surface area contributed by atoms with Crippen molar-refractivity contribution in [1.29, 1.82) is 0 Å². The first-order valence-electron chi connectivity index (χ1n) is 9.30. The summed E-state index contributed by atoms with van der Waals surface area (Å²) >= 11 is 0. The molecule has 0 aliphatic carbocycles. The normalized spacial score (nSPS) is 12.1. The van der Waals surface area contributed by atoms with Crippen molar-refractivity contribution in [3.05, 3.63) is 54.1 Å². The molecule has 0 aliphatic rings. The maximum absolute atomic E-state index is 12.6. The van der Waals surface area contributed by atoms with E-state index in [-0.39, 0.29) is 5.91 Å². The van der Waals surface area contributed by atoms with Gasteiger partial charge in [-0.1, -0.05) is 12.1 Å². The highest BCUT2D eigenvalue weighted by molar-refractivity contribution is 7.92. The zero-order chi connectivity index (χ0) is 21.4. The molecular weight excluding hydrogens is 392 g/mol. The van der Waals surface area contributed by atoms with Gasteiger partial charge < -0.3 is 14.8 Å². The summed E-state index contributed by atoms with van der Waals surface area (Å²) in [5, 5.41) is 2.83. The number of methoxy groups -OCH3 is 2. The van der Waals surface area contributed by atoms with E-state index in [2.05, 4.69) is 5.32 Å². The SMILES string of the molecule is COc1ccc(CCCNC(=O)C(C)N(c2ccc(OC)cc2)S(C)(=O)=O)cc1. The van der Waals surface area contributed by atoms with E-state index in [0.717, 1.165) is 34.7 Å². The number of hydrogen-bond donors (Lipinski definition) is 1. The minimum atomic E-state index is -3.64. The quantitative estimate of drug-likeness (QED) is 0.597. The monoisotopic (exact) mass is 420 g/mol. The minimum Gasteiger partial charge on any atom is -0.497 e. The molecule has 0 saturated heterocycles. The Morgan fingerprint density at radius 2 is 1.52 bits per heavy atom. The zero-order valence-electron chi connectivity index (χ0n) is 17.2. The molecule has 0 aliphatic heterocycles. The first-order valence-corrected chi connectivity index (χ1v) is 11.1. The number of benzene rings is 2. The van der Waals surface area contributed by atoms with Crippen molar-refractivity contribution in [3.8, 4) is 11.5 Å². The molecule has 2 aromatic carbocycles. The van der Waals surface area contributed by atoms with Crippen LogP contribution < -0.4 is 19.1 Å². The van der Waals surface area contributed by atoms with Crippen LogP contribution in [-0.2, 0) is 21.2 Å². The van der Waals surface area contributed by atoms with Gasteiger partial charge in [-0.25, -0.2) is 8.42 Å². The van der Waals surface area contributed by atoms with Gasteiger partial charge in [0.25, 0.3) is 0 Å². The predicted octanol–water partition coefficient (Wildman–Crippen LogP) is 2.61. The Bertz CT molecular complexity index is 896. The molecule has 0 saturated carbocycles. The molecule has 0 aromatic heterocycles. The van der Waals surface area contributed by atoms with Crippen LogP contribution in [0, 0.1) is 0 Å². The lowest BCUT2D eigenvalue weighted by Crippen LogP contribution is -2.48. The number of anilines is 1. The third kappa shape index (κ3) is 6.39. The maximum Gasteiger partial charge on any atom is 0.243 e. The van der Waals surface area contributed by atoms with E-state index < -0.39 is 16.1 Å². The summed E-state index contributed by atoms with van der Waals surface area (Å²) in [5.41, 5.74) is 1.55. The van der Waals surface area contributed by atoms with Crippen molar-refractivity contribution >= 4 is 21.6 Å². The fraction of sp³-hybridized carbons (Fsp3) is 0.381. The van der Waals surface area contributed by atoms with Crippen LogP contribution in [0.2, 0.25) is 0 Å². The number of sulfonamides is 1. The van der Waals surface area contributed by atoms with Gasteiger partial charge in [-0.3, -0.25) is 9.10 Å². The third-order valence-electron chi connectivity index (χ3n) is 4.52. The van der Waals surface area contributed by atoms with Gasteiger partial charge in [0.05, 0.1) is 26.2 Å². The van der Waals surface area contributed by atoms with E-state index in [9.17, 15) is 13.2 Å². The minimum absolute atomic E-state index is 0.346. The van der Waals surface area contributed by atoms with Crippen molar-refractivity contribution in [1.82, 2.24) is 5.32 Å².